The van der Waals surface area contributed by atoms with Gasteiger partial charge in [-0.3, -0.25) is 4.90 Å². The van der Waals surface area contributed by atoms with Crippen molar-refractivity contribution >= 4 is 0 Å². The van der Waals surface area contributed by atoms with Gasteiger partial charge in [0.1, 0.15) is 5.82 Å². The van der Waals surface area contributed by atoms with Gasteiger partial charge in [-0.15, -0.1) is 0 Å². The highest BCUT2D eigenvalue weighted by molar-refractivity contribution is 5.34. The third-order valence-corrected chi connectivity index (χ3v) is 4.08. The maximum Gasteiger partial charge on any atom is 0.416 e. The Bertz CT molecular complexity index is 487. The normalized spacial score (nSPS) is 23.7. The molecule has 1 aromatic carbocycles. The van der Waals surface area contributed by atoms with Crippen LogP contribution in [-0.4, -0.2) is 24.5 Å². The average Bonchev–Trinajstić information content (AvgIpc) is 2.81. The monoisotopic (exact) mass is 304 g/mol. The lowest BCUT2D eigenvalue weighted by Crippen LogP contribution is -2.30. The first-order valence-electron chi connectivity index (χ1n) is 7.19. The lowest BCUT2D eigenvalue weighted by Gasteiger charge is -2.30. The van der Waals surface area contributed by atoms with Gasteiger partial charge in [0.15, 0.2) is 0 Å². The van der Waals surface area contributed by atoms with E-state index in [1.54, 1.807) is 0 Å². The van der Waals surface area contributed by atoms with Gasteiger partial charge >= 0.3 is 6.18 Å². The summed E-state index contributed by atoms with van der Waals surface area (Å²) < 4.78 is 52.9. The number of alkyl halides is 3. The lowest BCUT2D eigenvalue weighted by molar-refractivity contribution is -0.139. The van der Waals surface area contributed by atoms with Crippen LogP contribution in [0.2, 0.25) is 0 Å². The first-order valence-corrected chi connectivity index (χ1v) is 7.19. The van der Waals surface area contributed by atoms with Crippen LogP contribution in [0.15, 0.2) is 18.2 Å². The van der Waals surface area contributed by atoms with Gasteiger partial charge in [0.05, 0.1) is 5.56 Å². The van der Waals surface area contributed by atoms with Crippen molar-refractivity contribution in [2.75, 3.05) is 19.6 Å². The van der Waals surface area contributed by atoms with E-state index in [0.29, 0.717) is 12.6 Å². The molecular formula is C15H20F4N2. The highest BCUT2D eigenvalue weighted by Crippen LogP contribution is 2.43. The number of nitrogens with zero attached hydrogens (tertiary/aromatic N) is 1. The predicted octanol–water partition coefficient (Wildman–Crippen LogP) is 3.58. The van der Waals surface area contributed by atoms with Crippen LogP contribution in [0, 0.1) is 11.7 Å². The van der Waals surface area contributed by atoms with Crippen LogP contribution in [0.5, 0.6) is 0 Å². The van der Waals surface area contributed by atoms with Gasteiger partial charge in [-0.1, -0.05) is 13.0 Å². The van der Waals surface area contributed by atoms with Gasteiger partial charge in [0.2, 0.25) is 0 Å². The molecule has 0 radical (unpaired) electrons. The minimum absolute atomic E-state index is 0.0249. The zero-order valence-corrected chi connectivity index (χ0v) is 12.0. The first-order chi connectivity index (χ1) is 9.88. The summed E-state index contributed by atoms with van der Waals surface area (Å²) in [5.41, 5.74) is 4.99. The van der Waals surface area contributed by atoms with Gasteiger partial charge in [0.25, 0.3) is 0 Å². The Morgan fingerprint density at radius 2 is 2.05 bits per heavy atom. The van der Waals surface area contributed by atoms with Crippen LogP contribution in [0.3, 0.4) is 0 Å². The van der Waals surface area contributed by atoms with E-state index in [1.807, 2.05) is 11.8 Å². The van der Waals surface area contributed by atoms with Crippen LogP contribution >= 0.6 is 0 Å². The molecule has 2 rings (SSSR count). The van der Waals surface area contributed by atoms with Crippen molar-refractivity contribution in [3.63, 3.8) is 0 Å². The van der Waals surface area contributed by atoms with Crippen molar-refractivity contribution in [1.29, 1.82) is 0 Å². The smallest absolute Gasteiger partial charge is 0.330 e. The van der Waals surface area contributed by atoms with E-state index in [0.717, 1.165) is 32.0 Å². The zero-order chi connectivity index (χ0) is 15.6. The molecule has 2 unspecified atom stereocenters. The van der Waals surface area contributed by atoms with Gasteiger partial charge in [0, 0.05) is 6.04 Å². The largest absolute Gasteiger partial charge is 0.416 e. The van der Waals surface area contributed by atoms with E-state index in [2.05, 4.69) is 0 Å². The minimum atomic E-state index is -4.56. The molecule has 118 valence electrons. The summed E-state index contributed by atoms with van der Waals surface area (Å²) in [5.74, 6) is -0.890. The van der Waals surface area contributed by atoms with Gasteiger partial charge in [-0.25, -0.2) is 4.39 Å². The third kappa shape index (κ3) is 3.37. The number of halogens is 4. The highest BCUT2D eigenvalue weighted by atomic mass is 19.4. The standard InChI is InChI=1S/C15H20F4N2/c1-2-6-21-7-5-10(9-20)14(21)12-4-3-11(16)8-13(12)15(17,18)19/h3-4,8,10,14H,2,5-7,9,20H2,1H3. The second-order valence-electron chi connectivity index (χ2n) is 5.49. The molecule has 0 amide bonds. The van der Waals surface area contributed by atoms with E-state index >= 15 is 0 Å². The fourth-order valence-corrected chi connectivity index (χ4v) is 3.19. The Kier molecular flexibility index (Phi) is 4.88. The van der Waals surface area contributed by atoms with Crippen LogP contribution in [-0.2, 0) is 6.18 Å². The van der Waals surface area contributed by atoms with Crippen molar-refractivity contribution in [3.05, 3.63) is 35.1 Å². The van der Waals surface area contributed by atoms with Crippen LogP contribution < -0.4 is 5.73 Å². The quantitative estimate of drug-likeness (QED) is 0.862. The number of hydrogen-bond donors (Lipinski definition) is 1. The SMILES string of the molecule is CCCN1CCC(CN)C1c1ccc(F)cc1C(F)(F)F. The minimum Gasteiger partial charge on any atom is -0.330 e. The summed E-state index contributed by atoms with van der Waals surface area (Å²) in [6.07, 6.45) is -2.93. The van der Waals surface area contributed by atoms with Crippen molar-refractivity contribution < 1.29 is 17.6 Å². The molecule has 2 nitrogen and oxygen atoms in total. The Morgan fingerprint density at radius 1 is 1.33 bits per heavy atom. The van der Waals surface area contributed by atoms with Crippen molar-refractivity contribution in [2.45, 2.75) is 32.0 Å². The molecule has 2 N–H and O–H groups in total. The molecule has 21 heavy (non-hydrogen) atoms. The Hall–Kier alpha value is -1.14. The Balaban J connectivity index is 2.47. The molecule has 2 atom stereocenters. The second kappa shape index (κ2) is 6.32. The predicted molar refractivity (Wildman–Crippen MR) is 73.2 cm³/mol. The van der Waals surface area contributed by atoms with Gasteiger partial charge < -0.3 is 5.73 Å². The maximum absolute atomic E-state index is 13.3. The summed E-state index contributed by atoms with van der Waals surface area (Å²) in [5, 5.41) is 0. The number of likely N-dealkylation sites (tertiary alicyclic amines) is 1. The average molecular weight is 304 g/mol. The molecule has 1 saturated heterocycles. The summed E-state index contributed by atoms with van der Waals surface area (Å²) in [6, 6.07) is 2.57. The fourth-order valence-electron chi connectivity index (χ4n) is 3.19. The van der Waals surface area contributed by atoms with E-state index < -0.39 is 17.6 Å². The molecule has 1 heterocycles. The van der Waals surface area contributed by atoms with E-state index in [1.165, 1.54) is 6.07 Å². The molecule has 0 spiro atoms. The molecule has 1 fully saturated rings. The molecule has 1 aliphatic heterocycles. The van der Waals surface area contributed by atoms with Gasteiger partial charge in [-0.05, 0) is 56.1 Å². The van der Waals surface area contributed by atoms with Crippen LogP contribution in [0.25, 0.3) is 0 Å². The molecular weight excluding hydrogens is 284 g/mol. The van der Waals surface area contributed by atoms with Crippen molar-refractivity contribution in [3.8, 4) is 0 Å². The molecule has 6 heteroatoms. The van der Waals surface area contributed by atoms with Crippen molar-refractivity contribution in [2.24, 2.45) is 11.7 Å². The lowest BCUT2D eigenvalue weighted by atomic mass is 9.90. The molecule has 0 aliphatic carbocycles. The van der Waals surface area contributed by atoms with Crippen LogP contribution in [0.4, 0.5) is 17.6 Å². The fraction of sp³-hybridized carbons (Fsp3) is 0.600. The number of hydrogen-bond acceptors (Lipinski definition) is 2. The summed E-state index contributed by atoms with van der Waals surface area (Å²) in [6.45, 7) is 3.77. The van der Waals surface area contributed by atoms with Crippen LogP contribution in [0.1, 0.15) is 36.9 Å². The molecule has 0 saturated carbocycles. The number of rotatable bonds is 4. The topological polar surface area (TPSA) is 29.3 Å². The summed E-state index contributed by atoms with van der Waals surface area (Å²) in [4.78, 5) is 2.03. The summed E-state index contributed by atoms with van der Waals surface area (Å²) >= 11 is 0. The molecule has 1 aromatic rings. The molecule has 1 aliphatic rings. The van der Waals surface area contributed by atoms with E-state index in [4.69, 9.17) is 5.73 Å². The van der Waals surface area contributed by atoms with Gasteiger partial charge in [-0.2, -0.15) is 13.2 Å². The second-order valence-corrected chi connectivity index (χ2v) is 5.49. The van der Waals surface area contributed by atoms with E-state index in [-0.39, 0.29) is 17.5 Å². The first kappa shape index (κ1) is 16.2. The Morgan fingerprint density at radius 3 is 2.62 bits per heavy atom. The number of benzene rings is 1. The van der Waals surface area contributed by atoms with E-state index in [9.17, 15) is 17.6 Å². The third-order valence-electron chi connectivity index (χ3n) is 4.08. The number of nitrogens with two attached hydrogens (primary N) is 1. The zero-order valence-electron chi connectivity index (χ0n) is 12.0. The molecule has 0 bridgehead atoms. The Labute approximate surface area is 121 Å². The maximum atomic E-state index is 13.3. The molecule has 0 aromatic heterocycles. The van der Waals surface area contributed by atoms with Crippen molar-refractivity contribution in [1.82, 2.24) is 4.90 Å². The highest BCUT2D eigenvalue weighted by Gasteiger charge is 2.41. The summed E-state index contributed by atoms with van der Waals surface area (Å²) in [7, 11) is 0.